The van der Waals surface area contributed by atoms with Gasteiger partial charge >= 0.3 is 0 Å². The van der Waals surface area contributed by atoms with E-state index in [2.05, 4.69) is 69.3 Å². The van der Waals surface area contributed by atoms with Crippen molar-refractivity contribution in [3.63, 3.8) is 0 Å². The van der Waals surface area contributed by atoms with Crippen LogP contribution in [0.5, 0.6) is 0 Å². The third-order valence-corrected chi connectivity index (χ3v) is 10.1. The van der Waals surface area contributed by atoms with Gasteiger partial charge in [0.1, 0.15) is 6.10 Å². The molecule has 4 heteroatoms. The van der Waals surface area contributed by atoms with Crippen molar-refractivity contribution in [2.45, 2.75) is 44.4 Å². The van der Waals surface area contributed by atoms with Crippen LogP contribution in [0.15, 0.2) is 60.7 Å². The second kappa shape index (κ2) is 7.42. The molecule has 0 unspecified atom stereocenters. The number of rotatable bonds is 5. The van der Waals surface area contributed by atoms with Crippen LogP contribution in [0.25, 0.3) is 0 Å². The topological polar surface area (TPSA) is 38.7 Å². The summed E-state index contributed by atoms with van der Waals surface area (Å²) in [6.07, 6.45) is 0.522. The van der Waals surface area contributed by atoms with Gasteiger partial charge in [0.25, 0.3) is 8.32 Å². The molecular weight excluding hydrogens is 328 g/mol. The summed E-state index contributed by atoms with van der Waals surface area (Å²) >= 11 is 0. The maximum Gasteiger partial charge on any atom is 0.261 e. The molecule has 1 aliphatic rings. The molecule has 134 valence electrons. The van der Waals surface area contributed by atoms with Gasteiger partial charge in [-0.25, -0.2) is 0 Å². The Bertz CT molecular complexity index is 627. The van der Waals surface area contributed by atoms with Crippen LogP contribution in [0, 0.1) is 0 Å². The van der Waals surface area contributed by atoms with Crippen molar-refractivity contribution in [3.05, 3.63) is 60.7 Å². The summed E-state index contributed by atoms with van der Waals surface area (Å²) < 4.78 is 12.7. The first kappa shape index (κ1) is 18.3. The van der Waals surface area contributed by atoms with Crippen LogP contribution in [0.3, 0.4) is 0 Å². The Balaban J connectivity index is 2.15. The van der Waals surface area contributed by atoms with Crippen molar-refractivity contribution in [2.24, 2.45) is 0 Å². The maximum atomic E-state index is 9.69. The van der Waals surface area contributed by atoms with Gasteiger partial charge in [0, 0.05) is 6.61 Å². The second-order valence-electron chi connectivity index (χ2n) is 7.70. The molecule has 1 N–H and O–H groups in total. The highest BCUT2D eigenvalue weighted by atomic mass is 28.4. The van der Waals surface area contributed by atoms with E-state index in [0.717, 1.165) is 6.42 Å². The molecule has 1 saturated heterocycles. The normalized spacial score (nSPS) is 21.4. The van der Waals surface area contributed by atoms with Crippen molar-refractivity contribution in [2.75, 3.05) is 13.2 Å². The lowest BCUT2D eigenvalue weighted by Crippen LogP contribution is -2.68. The van der Waals surface area contributed by atoms with E-state index in [9.17, 15) is 5.11 Å². The number of ether oxygens (including phenoxy) is 1. The van der Waals surface area contributed by atoms with E-state index in [1.165, 1.54) is 10.4 Å². The zero-order valence-electron chi connectivity index (χ0n) is 15.3. The highest BCUT2D eigenvalue weighted by molar-refractivity contribution is 6.99. The first-order valence-electron chi connectivity index (χ1n) is 9.00. The van der Waals surface area contributed by atoms with Gasteiger partial charge in [-0.1, -0.05) is 81.4 Å². The lowest BCUT2D eigenvalue weighted by atomic mass is 10.2. The Morgan fingerprint density at radius 1 is 1.00 bits per heavy atom. The van der Waals surface area contributed by atoms with E-state index in [1.807, 2.05) is 12.1 Å². The molecule has 3 nitrogen and oxygen atoms in total. The predicted octanol–water partition coefficient (Wildman–Crippen LogP) is 2.71. The highest BCUT2D eigenvalue weighted by Crippen LogP contribution is 2.39. The van der Waals surface area contributed by atoms with E-state index in [-0.39, 0.29) is 23.9 Å². The van der Waals surface area contributed by atoms with Crippen molar-refractivity contribution in [1.29, 1.82) is 0 Å². The standard InChI is InChI=1S/C21H28O3Si/c1-21(2,3)25(17-10-6-4-7-11-17,18-12-8-5-9-13-18)24-19-14-15-23-20(19)16-22/h4-13,19-20,22H,14-16H2,1-3H3/t19-,20+/m0/s1. The Kier molecular flexibility index (Phi) is 5.44. The Labute approximate surface area is 151 Å². The smallest absolute Gasteiger partial charge is 0.261 e. The summed E-state index contributed by atoms with van der Waals surface area (Å²) in [7, 11) is -2.56. The molecule has 0 aromatic heterocycles. The molecule has 2 atom stereocenters. The van der Waals surface area contributed by atoms with Gasteiger partial charge in [-0.2, -0.15) is 0 Å². The third-order valence-electron chi connectivity index (χ3n) is 5.07. The first-order chi connectivity index (χ1) is 12.0. The van der Waals surface area contributed by atoms with Gasteiger partial charge in [-0.15, -0.1) is 0 Å². The van der Waals surface area contributed by atoms with Crippen LogP contribution in [-0.2, 0) is 9.16 Å². The SMILES string of the molecule is CC(C)(C)[Si](O[C@H]1CCO[C@@H]1CO)(c1ccccc1)c1ccccc1. The van der Waals surface area contributed by atoms with Gasteiger partial charge in [0.05, 0.1) is 12.7 Å². The van der Waals surface area contributed by atoms with Crippen LogP contribution < -0.4 is 10.4 Å². The van der Waals surface area contributed by atoms with Crippen LogP contribution in [0.2, 0.25) is 5.04 Å². The molecule has 0 aliphatic carbocycles. The van der Waals surface area contributed by atoms with Gasteiger partial charge in [-0.3, -0.25) is 0 Å². The number of aliphatic hydroxyl groups is 1. The van der Waals surface area contributed by atoms with Crippen molar-refractivity contribution < 1.29 is 14.3 Å². The summed E-state index contributed by atoms with van der Waals surface area (Å²) in [5.74, 6) is 0. The highest BCUT2D eigenvalue weighted by Gasteiger charge is 2.52. The number of benzene rings is 2. The van der Waals surface area contributed by atoms with Crippen LogP contribution >= 0.6 is 0 Å². The summed E-state index contributed by atoms with van der Waals surface area (Å²) in [6.45, 7) is 7.45. The fourth-order valence-electron chi connectivity index (χ4n) is 3.85. The molecule has 0 amide bonds. The molecule has 1 fully saturated rings. The summed E-state index contributed by atoms with van der Waals surface area (Å²) in [6, 6.07) is 21.2. The molecule has 2 aromatic carbocycles. The van der Waals surface area contributed by atoms with E-state index >= 15 is 0 Å². The predicted molar refractivity (Wildman–Crippen MR) is 104 cm³/mol. The Morgan fingerprint density at radius 2 is 1.52 bits per heavy atom. The number of hydrogen-bond donors (Lipinski definition) is 1. The van der Waals surface area contributed by atoms with E-state index < -0.39 is 8.32 Å². The fourth-order valence-corrected chi connectivity index (χ4v) is 8.59. The van der Waals surface area contributed by atoms with Crippen LogP contribution in [-0.4, -0.2) is 38.8 Å². The summed E-state index contributed by atoms with van der Waals surface area (Å²) in [5.41, 5.74) is 0. The van der Waals surface area contributed by atoms with Gasteiger partial charge in [0.2, 0.25) is 0 Å². The molecule has 1 heterocycles. The number of hydrogen-bond acceptors (Lipinski definition) is 3. The average molecular weight is 357 g/mol. The Morgan fingerprint density at radius 3 is 1.96 bits per heavy atom. The average Bonchev–Trinajstić information content (AvgIpc) is 3.07. The zero-order valence-corrected chi connectivity index (χ0v) is 16.3. The lowest BCUT2D eigenvalue weighted by molar-refractivity contribution is 0.00965. The van der Waals surface area contributed by atoms with Crippen LogP contribution in [0.4, 0.5) is 0 Å². The summed E-state index contributed by atoms with van der Waals surface area (Å²) in [5, 5.41) is 12.2. The Hall–Kier alpha value is -1.46. The molecule has 1 aliphatic heterocycles. The van der Waals surface area contributed by atoms with Gasteiger partial charge < -0.3 is 14.3 Å². The van der Waals surface area contributed by atoms with E-state index in [0.29, 0.717) is 6.61 Å². The molecule has 25 heavy (non-hydrogen) atoms. The largest absolute Gasteiger partial charge is 0.402 e. The summed E-state index contributed by atoms with van der Waals surface area (Å²) in [4.78, 5) is 0. The van der Waals surface area contributed by atoms with Crippen molar-refractivity contribution in [3.8, 4) is 0 Å². The van der Waals surface area contributed by atoms with E-state index in [1.54, 1.807) is 0 Å². The number of aliphatic hydroxyl groups excluding tert-OH is 1. The van der Waals surface area contributed by atoms with E-state index in [4.69, 9.17) is 9.16 Å². The third kappa shape index (κ3) is 3.44. The fraction of sp³-hybridized carbons (Fsp3) is 0.429. The molecule has 2 aromatic rings. The molecule has 0 spiro atoms. The second-order valence-corrected chi connectivity index (χ2v) is 12.0. The molecule has 0 saturated carbocycles. The van der Waals surface area contributed by atoms with Gasteiger partial charge in [0.15, 0.2) is 0 Å². The quantitative estimate of drug-likeness (QED) is 0.837. The minimum atomic E-state index is -2.56. The van der Waals surface area contributed by atoms with Crippen molar-refractivity contribution in [1.82, 2.24) is 0 Å². The monoisotopic (exact) mass is 356 g/mol. The molecule has 0 radical (unpaired) electrons. The molecule has 3 rings (SSSR count). The first-order valence-corrected chi connectivity index (χ1v) is 10.9. The zero-order chi connectivity index (χ0) is 17.9. The van der Waals surface area contributed by atoms with Crippen molar-refractivity contribution >= 4 is 18.7 Å². The minimum absolute atomic E-state index is 0.00285. The maximum absolute atomic E-state index is 9.69. The minimum Gasteiger partial charge on any atom is -0.402 e. The lowest BCUT2D eigenvalue weighted by Gasteiger charge is -2.45. The van der Waals surface area contributed by atoms with Gasteiger partial charge in [-0.05, 0) is 21.8 Å². The molecule has 0 bridgehead atoms. The van der Waals surface area contributed by atoms with Crippen LogP contribution in [0.1, 0.15) is 27.2 Å². The molecular formula is C21H28O3Si.